The summed E-state index contributed by atoms with van der Waals surface area (Å²) in [6.07, 6.45) is -0.453. The number of nitrogens with two attached hydrogens (primary N) is 1. The molecule has 0 spiro atoms. The highest BCUT2D eigenvalue weighted by Crippen LogP contribution is 2.18. The number of hydrogen-bond acceptors (Lipinski definition) is 7. The normalized spacial score (nSPS) is 19.9. The summed E-state index contributed by atoms with van der Waals surface area (Å²) in [5, 5.41) is 29.8. The Morgan fingerprint density at radius 1 is 1.32 bits per heavy atom. The Balaban J connectivity index is 1.55. The second-order valence-electron chi connectivity index (χ2n) is 7.09. The van der Waals surface area contributed by atoms with Crippen molar-refractivity contribution in [1.82, 2.24) is 15.5 Å². The van der Waals surface area contributed by atoms with E-state index >= 15 is 0 Å². The third-order valence-electron chi connectivity index (χ3n) is 4.99. The van der Waals surface area contributed by atoms with Gasteiger partial charge in [0.1, 0.15) is 6.07 Å². The fourth-order valence-electron chi connectivity index (χ4n) is 3.21. The molecule has 2 heterocycles. The van der Waals surface area contributed by atoms with Gasteiger partial charge in [0.15, 0.2) is 11.5 Å². The second kappa shape index (κ2) is 8.78. The predicted octanol–water partition coefficient (Wildman–Crippen LogP) is 0.319. The van der Waals surface area contributed by atoms with Gasteiger partial charge in [-0.15, -0.1) is 10.2 Å². The van der Waals surface area contributed by atoms with Gasteiger partial charge in [-0.05, 0) is 35.7 Å². The molecular formula is C20H24N6O2. The minimum absolute atomic E-state index is 0.142. The van der Waals surface area contributed by atoms with E-state index < -0.39 is 6.10 Å². The fraction of sp³-hybridized carbons (Fsp3) is 0.400. The number of nitrogens with zero attached hydrogens (tertiary/aromatic N) is 4. The lowest BCUT2D eigenvalue weighted by atomic mass is 9.99. The van der Waals surface area contributed by atoms with Crippen molar-refractivity contribution in [2.75, 3.05) is 24.5 Å². The summed E-state index contributed by atoms with van der Waals surface area (Å²) in [6, 6.07) is 12.7. The number of aliphatic hydroxyl groups excluding tert-OH is 1. The number of benzene rings is 1. The molecule has 3 atom stereocenters. The van der Waals surface area contributed by atoms with Gasteiger partial charge < -0.3 is 21.1 Å². The summed E-state index contributed by atoms with van der Waals surface area (Å²) in [5.41, 5.74) is 7.98. The average Bonchev–Trinajstić information content (AvgIpc) is 3.08. The zero-order valence-corrected chi connectivity index (χ0v) is 15.7. The summed E-state index contributed by atoms with van der Waals surface area (Å²) in [4.78, 5) is 14.2. The van der Waals surface area contributed by atoms with Gasteiger partial charge in [0.25, 0.3) is 0 Å². The first-order valence-corrected chi connectivity index (χ1v) is 9.25. The van der Waals surface area contributed by atoms with E-state index in [-0.39, 0.29) is 30.0 Å². The van der Waals surface area contributed by atoms with E-state index in [1.807, 2.05) is 35.2 Å². The number of anilines is 1. The second-order valence-corrected chi connectivity index (χ2v) is 7.09. The highest BCUT2D eigenvalue weighted by Gasteiger charge is 2.33. The third-order valence-corrected chi connectivity index (χ3v) is 4.99. The van der Waals surface area contributed by atoms with Crippen molar-refractivity contribution < 1.29 is 9.90 Å². The van der Waals surface area contributed by atoms with Crippen LogP contribution in [0.1, 0.15) is 29.7 Å². The van der Waals surface area contributed by atoms with Crippen molar-refractivity contribution in [3.8, 4) is 6.07 Å². The molecule has 1 aromatic carbocycles. The molecule has 4 N–H and O–H groups in total. The summed E-state index contributed by atoms with van der Waals surface area (Å²) < 4.78 is 0. The molecule has 146 valence electrons. The van der Waals surface area contributed by atoms with Crippen LogP contribution in [0.25, 0.3) is 0 Å². The summed E-state index contributed by atoms with van der Waals surface area (Å²) >= 11 is 0. The summed E-state index contributed by atoms with van der Waals surface area (Å²) in [6.45, 7) is 3.42. The summed E-state index contributed by atoms with van der Waals surface area (Å²) in [7, 11) is 0. The molecule has 0 radical (unpaired) electrons. The van der Waals surface area contributed by atoms with Crippen LogP contribution < -0.4 is 16.0 Å². The first-order chi connectivity index (χ1) is 13.5. The van der Waals surface area contributed by atoms with Crippen LogP contribution in [0.3, 0.4) is 0 Å². The Bertz CT molecular complexity index is 846. The number of carbonyl (C=O) groups excluding carboxylic acids is 1. The fourth-order valence-corrected chi connectivity index (χ4v) is 3.21. The van der Waals surface area contributed by atoms with Crippen molar-refractivity contribution in [3.05, 3.63) is 53.2 Å². The molecular weight excluding hydrogens is 356 g/mol. The monoisotopic (exact) mass is 380 g/mol. The Kier molecular flexibility index (Phi) is 6.19. The van der Waals surface area contributed by atoms with Crippen LogP contribution in [-0.2, 0) is 11.2 Å². The first-order valence-electron chi connectivity index (χ1n) is 9.25. The predicted molar refractivity (Wildman–Crippen MR) is 105 cm³/mol. The van der Waals surface area contributed by atoms with Crippen LogP contribution in [0.5, 0.6) is 0 Å². The Labute approximate surface area is 164 Å². The molecule has 0 aliphatic carbocycles. The van der Waals surface area contributed by atoms with Crippen LogP contribution >= 0.6 is 0 Å². The van der Waals surface area contributed by atoms with E-state index in [1.165, 1.54) is 0 Å². The van der Waals surface area contributed by atoms with Crippen LogP contribution in [0.2, 0.25) is 0 Å². The van der Waals surface area contributed by atoms with E-state index in [0.29, 0.717) is 25.5 Å². The smallest absolute Gasteiger partial charge is 0.224 e. The van der Waals surface area contributed by atoms with E-state index in [9.17, 15) is 9.90 Å². The molecule has 8 heteroatoms. The molecule has 1 aromatic heterocycles. The maximum absolute atomic E-state index is 12.4. The van der Waals surface area contributed by atoms with Gasteiger partial charge in [0.2, 0.25) is 5.91 Å². The van der Waals surface area contributed by atoms with Crippen molar-refractivity contribution >= 4 is 11.7 Å². The SMILES string of the molecule is CC(CN)c1ccc(CC(=O)N[C@H]2CN(c3ccc(C#N)nn3)C[C@@H]2O)cc1. The zero-order valence-electron chi connectivity index (χ0n) is 15.7. The number of carbonyl (C=O) groups is 1. The van der Waals surface area contributed by atoms with E-state index in [2.05, 4.69) is 22.4 Å². The largest absolute Gasteiger partial charge is 0.389 e. The molecule has 28 heavy (non-hydrogen) atoms. The van der Waals surface area contributed by atoms with Crippen LogP contribution in [0, 0.1) is 11.3 Å². The highest BCUT2D eigenvalue weighted by atomic mass is 16.3. The van der Waals surface area contributed by atoms with Gasteiger partial charge in [-0.25, -0.2) is 0 Å². The quantitative estimate of drug-likeness (QED) is 0.658. The lowest BCUT2D eigenvalue weighted by Crippen LogP contribution is -2.43. The molecule has 3 rings (SSSR count). The Hall–Kier alpha value is -3.02. The molecule has 1 saturated heterocycles. The topological polar surface area (TPSA) is 128 Å². The number of aromatic nitrogens is 2. The van der Waals surface area contributed by atoms with Gasteiger partial charge in [0, 0.05) is 13.1 Å². The lowest BCUT2D eigenvalue weighted by Gasteiger charge is -2.17. The Morgan fingerprint density at radius 2 is 2.07 bits per heavy atom. The van der Waals surface area contributed by atoms with Crippen molar-refractivity contribution in [3.63, 3.8) is 0 Å². The highest BCUT2D eigenvalue weighted by molar-refractivity contribution is 5.79. The molecule has 8 nitrogen and oxygen atoms in total. The van der Waals surface area contributed by atoms with Gasteiger partial charge >= 0.3 is 0 Å². The van der Waals surface area contributed by atoms with Crippen LogP contribution in [-0.4, -0.2) is 53.0 Å². The van der Waals surface area contributed by atoms with Crippen LogP contribution in [0.4, 0.5) is 5.82 Å². The van der Waals surface area contributed by atoms with E-state index in [4.69, 9.17) is 11.0 Å². The number of hydrogen-bond donors (Lipinski definition) is 3. The van der Waals surface area contributed by atoms with Gasteiger partial charge in [-0.1, -0.05) is 31.2 Å². The minimum Gasteiger partial charge on any atom is -0.389 e. The van der Waals surface area contributed by atoms with Crippen molar-refractivity contribution in [2.45, 2.75) is 31.4 Å². The molecule has 2 aromatic rings. The van der Waals surface area contributed by atoms with E-state index in [1.54, 1.807) is 12.1 Å². The summed E-state index contributed by atoms with van der Waals surface area (Å²) in [5.74, 6) is 0.712. The number of amides is 1. The maximum atomic E-state index is 12.4. The van der Waals surface area contributed by atoms with E-state index in [0.717, 1.165) is 11.1 Å². The minimum atomic E-state index is -0.700. The standard InChI is InChI=1S/C20H24N6O2/c1-13(9-21)15-4-2-14(3-5-15)8-20(28)23-17-11-26(12-18(17)27)19-7-6-16(10-22)24-25-19/h2-7,13,17-18,27H,8-9,11-12,21H2,1H3,(H,23,28)/t13?,17-,18-/m0/s1. The van der Waals surface area contributed by atoms with Gasteiger partial charge in [-0.3, -0.25) is 4.79 Å². The number of nitrogens with one attached hydrogen (secondary N) is 1. The number of nitriles is 1. The molecule has 1 aliphatic rings. The number of rotatable bonds is 6. The van der Waals surface area contributed by atoms with Gasteiger partial charge in [-0.2, -0.15) is 5.26 Å². The molecule has 0 bridgehead atoms. The lowest BCUT2D eigenvalue weighted by molar-refractivity contribution is -0.121. The average molecular weight is 380 g/mol. The number of β-amino-alcohol motifs (C(OH)–C–C–N with tert-alkyl or cyclic N) is 1. The Morgan fingerprint density at radius 3 is 2.68 bits per heavy atom. The third kappa shape index (κ3) is 4.63. The first kappa shape index (κ1) is 19.7. The zero-order chi connectivity index (χ0) is 20.1. The molecule has 1 aliphatic heterocycles. The molecule has 1 fully saturated rings. The van der Waals surface area contributed by atoms with Gasteiger partial charge in [0.05, 0.1) is 18.6 Å². The van der Waals surface area contributed by atoms with Crippen molar-refractivity contribution in [2.24, 2.45) is 5.73 Å². The molecule has 1 unspecified atom stereocenters. The van der Waals surface area contributed by atoms with Crippen LogP contribution in [0.15, 0.2) is 36.4 Å². The molecule has 1 amide bonds. The number of aliphatic hydroxyl groups is 1. The van der Waals surface area contributed by atoms with Crippen molar-refractivity contribution in [1.29, 1.82) is 5.26 Å². The molecule has 0 saturated carbocycles. The maximum Gasteiger partial charge on any atom is 0.224 e.